The lowest BCUT2D eigenvalue weighted by Gasteiger charge is -2.36. The molecule has 0 N–H and O–H groups in total. The van der Waals surface area contributed by atoms with Crippen LogP contribution < -0.4 is 22.6 Å². The highest BCUT2D eigenvalue weighted by Gasteiger charge is 2.32. The van der Waals surface area contributed by atoms with Gasteiger partial charge in [-0.3, -0.25) is 0 Å². The molecule has 2 saturated carbocycles. The van der Waals surface area contributed by atoms with Gasteiger partial charge < -0.3 is 0 Å². The Bertz CT molecular complexity index is 842. The molecule has 0 radical (unpaired) electrons. The third-order valence-electron chi connectivity index (χ3n) is 6.92. The molecule has 0 aliphatic heterocycles. The van der Waals surface area contributed by atoms with Gasteiger partial charge in [0.05, 0.1) is 0 Å². The number of hydrogen-bond acceptors (Lipinski definition) is 0. The predicted molar refractivity (Wildman–Crippen MR) is 104 cm³/mol. The van der Waals surface area contributed by atoms with Crippen LogP contribution in [-0.4, -0.2) is 3.92 Å². The summed E-state index contributed by atoms with van der Waals surface area (Å²) in [6.45, 7) is 0. The van der Waals surface area contributed by atoms with E-state index >= 15 is 0 Å². The topological polar surface area (TPSA) is 0 Å². The quantitative estimate of drug-likeness (QED) is 0.250. The molecule has 0 unspecified atom stereocenters. The molecule has 4 rings (SSSR count). The summed E-state index contributed by atoms with van der Waals surface area (Å²) < 4.78 is 55.8. The number of hydrogen-bond donors (Lipinski definition) is 0. The first-order chi connectivity index (χ1) is 13.9. The minimum atomic E-state index is -1.53. The first-order valence-corrected chi connectivity index (χ1v) is 11.9. The predicted octanol–water partition coefficient (Wildman–Crippen LogP) is 4.03. The van der Waals surface area contributed by atoms with Crippen molar-refractivity contribution in [1.82, 2.24) is 0 Å². The average molecular weight is 517 g/mol. The standard InChI is InChI=1S/C24H26F4I/c25-21-11-17(7-10-20(21)18-12-22(26)24(28)23(27)13-18)16-3-1-14(2-4-16)15-5-8-19(29)9-6-15/h7,10-16,19,29H,1-6,8-9H2/q+1. The molecule has 0 nitrogen and oxygen atoms in total. The largest absolute Gasteiger partial charge is 0.255 e. The highest BCUT2D eigenvalue weighted by molar-refractivity contribution is 5.65. The van der Waals surface area contributed by atoms with E-state index in [1.54, 1.807) is 6.07 Å². The molecule has 0 amide bonds. The van der Waals surface area contributed by atoms with Crippen LogP contribution in [0.15, 0.2) is 30.3 Å². The molecule has 0 bridgehead atoms. The third kappa shape index (κ3) is 4.64. The summed E-state index contributed by atoms with van der Waals surface area (Å²) in [6.07, 6.45) is 9.94. The zero-order valence-corrected chi connectivity index (χ0v) is 18.6. The van der Waals surface area contributed by atoms with Crippen molar-refractivity contribution in [2.24, 2.45) is 11.8 Å². The van der Waals surface area contributed by atoms with Gasteiger partial charge in [0.2, 0.25) is 0 Å². The van der Waals surface area contributed by atoms with Crippen molar-refractivity contribution in [3.05, 3.63) is 59.2 Å². The Morgan fingerprint density at radius 3 is 1.76 bits per heavy atom. The van der Waals surface area contributed by atoms with Gasteiger partial charge in [-0.05, 0) is 98.4 Å². The van der Waals surface area contributed by atoms with Gasteiger partial charge in [-0.1, -0.05) is 12.1 Å². The Kier molecular flexibility index (Phi) is 6.52. The smallest absolute Gasteiger partial charge is 0.206 e. The molecule has 2 aromatic rings. The van der Waals surface area contributed by atoms with Gasteiger partial charge in [-0.15, -0.1) is 0 Å². The molecule has 2 aliphatic carbocycles. The van der Waals surface area contributed by atoms with Crippen molar-refractivity contribution in [1.29, 1.82) is 0 Å². The molecule has 5 heteroatoms. The van der Waals surface area contributed by atoms with Crippen LogP contribution in [0.25, 0.3) is 11.1 Å². The third-order valence-corrected chi connectivity index (χ3v) is 8.26. The molecule has 0 aromatic heterocycles. The Hall–Kier alpha value is -1.11. The fraction of sp³-hybridized carbons (Fsp3) is 0.500. The molecule has 29 heavy (non-hydrogen) atoms. The SMILES string of the molecule is Fc1cc(C2CCC(C3CCC([IH+])CC3)CC2)ccc1-c1cc(F)c(F)c(F)c1. The first-order valence-electron chi connectivity index (χ1n) is 10.5. The van der Waals surface area contributed by atoms with E-state index in [2.05, 4.69) is 22.6 Å². The summed E-state index contributed by atoms with van der Waals surface area (Å²) in [4.78, 5) is 0. The van der Waals surface area contributed by atoms with Crippen LogP contribution in [0.4, 0.5) is 17.6 Å². The van der Waals surface area contributed by atoms with E-state index in [0.29, 0.717) is 5.92 Å². The molecule has 0 saturated heterocycles. The fourth-order valence-corrected chi connectivity index (χ4v) is 5.99. The summed E-state index contributed by atoms with van der Waals surface area (Å²) in [5.74, 6) is -2.67. The second-order valence-corrected chi connectivity index (χ2v) is 10.5. The average Bonchev–Trinajstić information content (AvgIpc) is 2.72. The number of halogens is 5. The summed E-state index contributed by atoms with van der Waals surface area (Å²) in [5, 5.41) is 0. The van der Waals surface area contributed by atoms with Crippen LogP contribution in [0, 0.1) is 35.1 Å². The molecule has 2 aromatic carbocycles. The Morgan fingerprint density at radius 1 is 0.655 bits per heavy atom. The normalized spacial score (nSPS) is 27.8. The maximum absolute atomic E-state index is 14.7. The second-order valence-electron chi connectivity index (χ2n) is 8.64. The van der Waals surface area contributed by atoms with E-state index in [0.717, 1.165) is 46.3 Å². The van der Waals surface area contributed by atoms with Crippen molar-refractivity contribution >= 4 is 0 Å². The maximum Gasteiger partial charge on any atom is 0.255 e. The highest BCUT2D eigenvalue weighted by Crippen LogP contribution is 2.43. The zero-order valence-electron chi connectivity index (χ0n) is 16.3. The summed E-state index contributed by atoms with van der Waals surface area (Å²) in [6, 6.07) is 6.58. The molecule has 0 heterocycles. The minimum absolute atomic E-state index is 0.0147. The zero-order chi connectivity index (χ0) is 20.5. The van der Waals surface area contributed by atoms with Crippen molar-refractivity contribution in [3.63, 3.8) is 0 Å². The lowest BCUT2D eigenvalue weighted by atomic mass is 9.70. The van der Waals surface area contributed by atoms with Crippen molar-refractivity contribution < 1.29 is 40.2 Å². The van der Waals surface area contributed by atoms with Crippen LogP contribution in [0.3, 0.4) is 0 Å². The molecule has 2 fully saturated rings. The van der Waals surface area contributed by atoms with E-state index < -0.39 is 23.3 Å². The van der Waals surface area contributed by atoms with Gasteiger partial charge in [-0.25, -0.2) is 17.6 Å². The second kappa shape index (κ2) is 8.94. The van der Waals surface area contributed by atoms with Crippen LogP contribution in [-0.2, 0) is 0 Å². The van der Waals surface area contributed by atoms with Gasteiger partial charge in [0, 0.05) is 5.56 Å². The van der Waals surface area contributed by atoms with Gasteiger partial charge >= 0.3 is 0 Å². The van der Waals surface area contributed by atoms with E-state index in [9.17, 15) is 17.6 Å². The minimum Gasteiger partial charge on any atom is -0.206 e. The molecular weight excluding hydrogens is 491 g/mol. The highest BCUT2D eigenvalue weighted by atomic mass is 127. The van der Waals surface area contributed by atoms with Crippen molar-refractivity contribution in [2.45, 2.75) is 61.2 Å². The molecular formula is C24H26F4I+. The molecule has 0 spiro atoms. The van der Waals surface area contributed by atoms with Crippen LogP contribution >= 0.6 is 0 Å². The molecule has 156 valence electrons. The van der Waals surface area contributed by atoms with E-state index in [4.69, 9.17) is 0 Å². The van der Waals surface area contributed by atoms with Gasteiger partial charge in [0.25, 0.3) is 22.6 Å². The first kappa shape index (κ1) is 21.1. The molecule has 0 atom stereocenters. The number of rotatable bonds is 3. The van der Waals surface area contributed by atoms with Crippen LogP contribution in [0.5, 0.6) is 0 Å². The van der Waals surface area contributed by atoms with Crippen LogP contribution in [0.1, 0.15) is 62.8 Å². The Morgan fingerprint density at radius 2 is 1.21 bits per heavy atom. The lowest BCUT2D eigenvalue weighted by Crippen LogP contribution is -3.39. The van der Waals surface area contributed by atoms with E-state index in [1.807, 2.05) is 6.07 Å². The lowest BCUT2D eigenvalue weighted by molar-refractivity contribution is -0.426. The summed E-state index contributed by atoms with van der Waals surface area (Å²) in [5.41, 5.74) is 1.06. The van der Waals surface area contributed by atoms with Gasteiger partial charge in [0.15, 0.2) is 21.4 Å². The van der Waals surface area contributed by atoms with Gasteiger partial charge in [0.1, 0.15) is 5.82 Å². The Balaban J connectivity index is 1.44. The molecule has 2 aliphatic rings. The Labute approximate surface area is 183 Å². The van der Waals surface area contributed by atoms with Crippen LogP contribution in [0.2, 0.25) is 0 Å². The summed E-state index contributed by atoms with van der Waals surface area (Å²) in [7, 11) is 0. The summed E-state index contributed by atoms with van der Waals surface area (Å²) >= 11 is 2.27. The van der Waals surface area contributed by atoms with E-state index in [-0.39, 0.29) is 11.1 Å². The fourth-order valence-electron chi connectivity index (χ4n) is 5.21. The number of benzene rings is 2. The number of alkyl halides is 1. The maximum atomic E-state index is 14.7. The van der Waals surface area contributed by atoms with E-state index in [1.165, 1.54) is 44.6 Å². The van der Waals surface area contributed by atoms with Crippen molar-refractivity contribution in [2.75, 3.05) is 0 Å². The van der Waals surface area contributed by atoms with Crippen molar-refractivity contribution in [3.8, 4) is 11.1 Å². The van der Waals surface area contributed by atoms with Gasteiger partial charge in [-0.2, -0.15) is 0 Å². The monoisotopic (exact) mass is 517 g/mol.